The normalized spacial score (nSPS) is 16.3. The third-order valence-corrected chi connectivity index (χ3v) is 8.37. The maximum Gasteiger partial charge on any atom is 0.255 e. The molecule has 43 heavy (non-hydrogen) atoms. The summed E-state index contributed by atoms with van der Waals surface area (Å²) < 4.78 is 12.1. The average molecular weight is 645 g/mol. The van der Waals surface area contributed by atoms with Gasteiger partial charge in [0.25, 0.3) is 5.91 Å². The maximum atomic E-state index is 13.4. The second kappa shape index (κ2) is 13.7. The minimum absolute atomic E-state index is 0.0869. The van der Waals surface area contributed by atoms with Crippen LogP contribution in [0.5, 0.6) is 0 Å². The van der Waals surface area contributed by atoms with Crippen LogP contribution in [-0.2, 0) is 9.47 Å². The SMILES string of the molecule is Cc1ccc(NC(=O)c2ccc(C(N3CCOCC3)N3CCOCC3)c(Br)c2)cc1Nc1nccc(-c2cccnc2)n1. The van der Waals surface area contributed by atoms with Gasteiger partial charge in [-0.2, -0.15) is 0 Å². The van der Waals surface area contributed by atoms with Gasteiger partial charge in [-0.15, -0.1) is 0 Å². The molecule has 0 aliphatic carbocycles. The van der Waals surface area contributed by atoms with E-state index in [0.29, 0.717) is 43.6 Å². The van der Waals surface area contributed by atoms with Crippen molar-refractivity contribution in [2.45, 2.75) is 13.1 Å². The van der Waals surface area contributed by atoms with Crippen molar-refractivity contribution in [3.63, 3.8) is 0 Å². The van der Waals surface area contributed by atoms with E-state index in [0.717, 1.165) is 58.7 Å². The number of aromatic nitrogens is 3. The molecule has 2 aliphatic rings. The Morgan fingerprint density at radius 2 is 1.67 bits per heavy atom. The van der Waals surface area contributed by atoms with E-state index in [9.17, 15) is 4.79 Å². The van der Waals surface area contributed by atoms with Crippen LogP contribution >= 0.6 is 15.9 Å². The van der Waals surface area contributed by atoms with E-state index in [1.54, 1.807) is 18.6 Å². The first-order valence-electron chi connectivity index (χ1n) is 14.4. The Morgan fingerprint density at radius 3 is 2.35 bits per heavy atom. The molecule has 11 heteroatoms. The van der Waals surface area contributed by atoms with Crippen molar-refractivity contribution < 1.29 is 14.3 Å². The second-order valence-electron chi connectivity index (χ2n) is 10.5. The number of ether oxygens (including phenoxy) is 2. The van der Waals surface area contributed by atoms with Crippen molar-refractivity contribution in [2.24, 2.45) is 0 Å². The third kappa shape index (κ3) is 7.09. The molecular formula is C32H34BrN7O3. The zero-order valence-electron chi connectivity index (χ0n) is 24.0. The van der Waals surface area contributed by atoms with E-state index in [2.05, 4.69) is 57.4 Å². The summed E-state index contributed by atoms with van der Waals surface area (Å²) in [5, 5.41) is 6.35. The number of nitrogens with zero attached hydrogens (tertiary/aromatic N) is 5. The van der Waals surface area contributed by atoms with Gasteiger partial charge in [-0.05, 0) is 60.5 Å². The molecule has 6 rings (SSSR count). The molecule has 0 radical (unpaired) electrons. The van der Waals surface area contributed by atoms with Gasteiger partial charge in [-0.3, -0.25) is 19.6 Å². The van der Waals surface area contributed by atoms with Crippen LogP contribution in [0.3, 0.4) is 0 Å². The molecule has 4 aromatic rings. The smallest absolute Gasteiger partial charge is 0.255 e. The Labute approximate surface area is 259 Å². The highest BCUT2D eigenvalue weighted by Crippen LogP contribution is 2.33. The van der Waals surface area contributed by atoms with Gasteiger partial charge in [-0.1, -0.05) is 28.1 Å². The molecule has 0 bridgehead atoms. The highest BCUT2D eigenvalue weighted by atomic mass is 79.9. The molecule has 2 aromatic heterocycles. The van der Waals surface area contributed by atoms with Crippen molar-refractivity contribution in [1.29, 1.82) is 0 Å². The quantitative estimate of drug-likeness (QED) is 0.266. The summed E-state index contributed by atoms with van der Waals surface area (Å²) in [5.41, 5.74) is 5.85. The van der Waals surface area contributed by atoms with Crippen LogP contribution in [0.2, 0.25) is 0 Å². The van der Waals surface area contributed by atoms with Crippen molar-refractivity contribution in [1.82, 2.24) is 24.8 Å². The molecule has 2 fully saturated rings. The predicted molar refractivity (Wildman–Crippen MR) is 169 cm³/mol. The van der Waals surface area contributed by atoms with Gasteiger partial charge >= 0.3 is 0 Å². The van der Waals surface area contributed by atoms with Crippen molar-refractivity contribution in [3.05, 3.63) is 94.4 Å². The summed E-state index contributed by atoms with van der Waals surface area (Å²) in [5.74, 6) is 0.272. The molecule has 0 spiro atoms. The Kier molecular flexibility index (Phi) is 9.35. The molecule has 1 amide bonds. The van der Waals surface area contributed by atoms with Gasteiger partial charge in [0, 0.05) is 71.7 Å². The van der Waals surface area contributed by atoms with Gasteiger partial charge in [0.1, 0.15) is 0 Å². The number of carbonyl (C=O) groups is 1. The number of anilines is 3. The molecule has 2 N–H and O–H groups in total. The lowest BCUT2D eigenvalue weighted by Crippen LogP contribution is -2.50. The first kappa shape index (κ1) is 29.3. The Bertz CT molecular complexity index is 1540. The zero-order valence-corrected chi connectivity index (χ0v) is 25.6. The van der Waals surface area contributed by atoms with E-state index >= 15 is 0 Å². The molecule has 0 saturated carbocycles. The number of carbonyl (C=O) groups excluding carboxylic acids is 1. The maximum absolute atomic E-state index is 13.4. The van der Waals surface area contributed by atoms with Crippen LogP contribution in [0.1, 0.15) is 27.7 Å². The number of benzene rings is 2. The van der Waals surface area contributed by atoms with Gasteiger partial charge < -0.3 is 20.1 Å². The van der Waals surface area contributed by atoms with Crippen molar-refractivity contribution >= 4 is 39.2 Å². The topological polar surface area (TPSA) is 105 Å². The molecule has 10 nitrogen and oxygen atoms in total. The molecule has 2 aliphatic heterocycles. The van der Waals surface area contributed by atoms with E-state index < -0.39 is 0 Å². The molecule has 0 unspecified atom stereocenters. The Balaban J connectivity index is 1.18. The summed E-state index contributed by atoms with van der Waals surface area (Å²) in [4.78, 5) is 31.5. The predicted octanol–water partition coefficient (Wildman–Crippen LogP) is 5.27. The highest BCUT2D eigenvalue weighted by Gasteiger charge is 2.31. The van der Waals surface area contributed by atoms with Gasteiger partial charge in [0.2, 0.25) is 5.95 Å². The zero-order chi connectivity index (χ0) is 29.6. The number of hydrogen-bond donors (Lipinski definition) is 2. The molecule has 4 heterocycles. The van der Waals surface area contributed by atoms with Crippen LogP contribution in [0.25, 0.3) is 11.3 Å². The highest BCUT2D eigenvalue weighted by molar-refractivity contribution is 9.10. The summed E-state index contributed by atoms with van der Waals surface area (Å²) in [7, 11) is 0. The second-order valence-corrected chi connectivity index (χ2v) is 11.4. The van der Waals surface area contributed by atoms with Crippen molar-refractivity contribution in [2.75, 3.05) is 63.2 Å². The lowest BCUT2D eigenvalue weighted by atomic mass is 10.1. The van der Waals surface area contributed by atoms with E-state index in [1.807, 2.05) is 55.5 Å². The van der Waals surface area contributed by atoms with Crippen LogP contribution in [0, 0.1) is 6.92 Å². The largest absolute Gasteiger partial charge is 0.379 e. The first-order chi connectivity index (χ1) is 21.0. The number of halogens is 1. The summed E-state index contributed by atoms with van der Waals surface area (Å²) in [6.07, 6.45) is 5.30. The number of morpholine rings is 2. The standard InChI is InChI=1S/C32H34BrN7O3/c1-22-4-6-25(20-29(22)38-32-35-10-8-28(37-32)24-3-2-9-34-21-24)36-30(41)23-5-7-26(27(33)19-23)31(39-11-15-42-16-12-39)40-13-17-43-18-14-40/h2-10,19-21,31H,11-18H2,1H3,(H,36,41)(H,35,37,38). The fourth-order valence-corrected chi connectivity index (χ4v) is 5.98. The van der Waals surface area contributed by atoms with Gasteiger partial charge in [-0.25, -0.2) is 9.97 Å². The summed E-state index contributed by atoms with van der Waals surface area (Å²) >= 11 is 3.79. The van der Waals surface area contributed by atoms with E-state index in [-0.39, 0.29) is 12.1 Å². The number of nitrogens with one attached hydrogen (secondary N) is 2. The number of aryl methyl sites for hydroxylation is 1. The minimum atomic E-state index is -0.189. The van der Waals surface area contributed by atoms with Crippen LogP contribution < -0.4 is 10.6 Å². The number of rotatable bonds is 8. The molecule has 2 aromatic carbocycles. The lowest BCUT2D eigenvalue weighted by Gasteiger charge is -2.43. The molecule has 0 atom stereocenters. The minimum Gasteiger partial charge on any atom is -0.379 e. The fraction of sp³-hybridized carbons (Fsp3) is 0.312. The van der Waals surface area contributed by atoms with Crippen LogP contribution in [0.15, 0.2) is 77.7 Å². The molecule has 2 saturated heterocycles. The van der Waals surface area contributed by atoms with E-state index in [1.165, 1.54) is 0 Å². The fourth-order valence-electron chi connectivity index (χ4n) is 5.40. The summed E-state index contributed by atoms with van der Waals surface area (Å²) in [6, 6.07) is 17.3. The van der Waals surface area contributed by atoms with Gasteiger partial charge in [0.05, 0.1) is 38.3 Å². The first-order valence-corrected chi connectivity index (χ1v) is 15.2. The Morgan fingerprint density at radius 1 is 0.930 bits per heavy atom. The van der Waals surface area contributed by atoms with Crippen LogP contribution in [-0.4, -0.2) is 83.3 Å². The number of amides is 1. The summed E-state index contributed by atoms with van der Waals surface area (Å²) in [6.45, 7) is 8.30. The van der Waals surface area contributed by atoms with Crippen LogP contribution in [0.4, 0.5) is 17.3 Å². The lowest BCUT2D eigenvalue weighted by molar-refractivity contribution is -0.0678. The number of pyridine rings is 1. The monoisotopic (exact) mass is 643 g/mol. The van der Waals surface area contributed by atoms with Crippen molar-refractivity contribution in [3.8, 4) is 11.3 Å². The van der Waals surface area contributed by atoms with E-state index in [4.69, 9.17) is 9.47 Å². The molecular weight excluding hydrogens is 610 g/mol. The third-order valence-electron chi connectivity index (χ3n) is 7.68. The Hall–Kier alpha value is -3.74. The molecule has 222 valence electrons. The average Bonchev–Trinajstić information content (AvgIpc) is 3.05. The van der Waals surface area contributed by atoms with Gasteiger partial charge in [0.15, 0.2) is 0 Å². The number of hydrogen-bond acceptors (Lipinski definition) is 9.